The summed E-state index contributed by atoms with van der Waals surface area (Å²) in [5, 5.41) is 8.36. The molecule has 2 N–H and O–H groups in total. The zero-order chi connectivity index (χ0) is 14.1. The summed E-state index contributed by atoms with van der Waals surface area (Å²) in [6.45, 7) is 4.03. The first-order chi connectivity index (χ1) is 9.65. The van der Waals surface area contributed by atoms with Crippen molar-refractivity contribution in [1.82, 2.24) is 20.0 Å². The second-order valence-electron chi connectivity index (χ2n) is 5.16. The number of benzene rings is 1. The fourth-order valence-corrected chi connectivity index (χ4v) is 2.36. The number of aromatic nitrogens is 4. The van der Waals surface area contributed by atoms with Crippen LogP contribution in [0.5, 0.6) is 0 Å². The minimum Gasteiger partial charge on any atom is -0.328 e. The lowest BCUT2D eigenvalue weighted by Gasteiger charge is -2.09. The molecule has 0 aliphatic carbocycles. The van der Waals surface area contributed by atoms with Crippen molar-refractivity contribution in [3.63, 3.8) is 0 Å². The molecule has 0 amide bonds. The average molecular weight is 267 g/mol. The van der Waals surface area contributed by atoms with Crippen molar-refractivity contribution in [2.45, 2.75) is 26.3 Å². The van der Waals surface area contributed by atoms with Gasteiger partial charge in [-0.3, -0.25) is 0 Å². The minimum atomic E-state index is 0.134. The summed E-state index contributed by atoms with van der Waals surface area (Å²) in [6.07, 6.45) is 2.69. The Morgan fingerprint density at radius 2 is 2.10 bits per heavy atom. The first kappa shape index (κ1) is 12.7. The molecule has 2 aromatic heterocycles. The first-order valence-electron chi connectivity index (χ1n) is 6.67. The molecule has 0 radical (unpaired) electrons. The topological polar surface area (TPSA) is 69.6 Å². The third kappa shape index (κ3) is 2.28. The molecule has 20 heavy (non-hydrogen) atoms. The van der Waals surface area contributed by atoms with Gasteiger partial charge >= 0.3 is 0 Å². The number of para-hydroxylation sites is 1. The van der Waals surface area contributed by atoms with E-state index < -0.39 is 0 Å². The zero-order valence-electron chi connectivity index (χ0n) is 11.6. The summed E-state index contributed by atoms with van der Waals surface area (Å²) in [7, 11) is 0. The van der Waals surface area contributed by atoms with Gasteiger partial charge in [-0.15, -0.1) is 5.10 Å². The van der Waals surface area contributed by atoms with Crippen molar-refractivity contribution in [3.05, 3.63) is 47.7 Å². The van der Waals surface area contributed by atoms with Crippen LogP contribution in [-0.2, 0) is 6.42 Å². The zero-order valence-corrected chi connectivity index (χ0v) is 11.6. The van der Waals surface area contributed by atoms with E-state index in [1.165, 1.54) is 0 Å². The number of pyridine rings is 1. The third-order valence-corrected chi connectivity index (χ3v) is 3.22. The molecule has 0 saturated heterocycles. The molecule has 2 heterocycles. The van der Waals surface area contributed by atoms with E-state index in [-0.39, 0.29) is 6.04 Å². The van der Waals surface area contributed by atoms with Gasteiger partial charge in [0.15, 0.2) is 5.82 Å². The van der Waals surface area contributed by atoms with Gasteiger partial charge in [-0.05, 0) is 43.5 Å². The van der Waals surface area contributed by atoms with Gasteiger partial charge in [-0.2, -0.15) is 4.68 Å². The Morgan fingerprint density at radius 3 is 2.85 bits per heavy atom. The van der Waals surface area contributed by atoms with Crippen molar-refractivity contribution >= 4 is 11.0 Å². The second-order valence-corrected chi connectivity index (χ2v) is 5.16. The maximum absolute atomic E-state index is 5.83. The molecule has 0 aliphatic rings. The van der Waals surface area contributed by atoms with Crippen LogP contribution in [0, 0.1) is 6.92 Å². The summed E-state index contributed by atoms with van der Waals surface area (Å²) in [6, 6.07) is 10.1. The summed E-state index contributed by atoms with van der Waals surface area (Å²) in [5.41, 5.74) is 9.87. The van der Waals surface area contributed by atoms with Crippen LogP contribution in [0.15, 0.2) is 36.5 Å². The Hall–Kier alpha value is -2.27. The number of fused-ring (bicyclic) bond motifs is 1. The number of rotatable bonds is 3. The van der Waals surface area contributed by atoms with Crippen LogP contribution >= 0.6 is 0 Å². The Labute approximate surface area is 117 Å². The van der Waals surface area contributed by atoms with Crippen molar-refractivity contribution in [2.24, 2.45) is 5.73 Å². The molecule has 1 atom stereocenters. The van der Waals surface area contributed by atoms with E-state index in [0.717, 1.165) is 34.4 Å². The molecule has 0 fully saturated rings. The van der Waals surface area contributed by atoms with Gasteiger partial charge in [0.1, 0.15) is 5.52 Å². The van der Waals surface area contributed by atoms with Crippen LogP contribution in [0.3, 0.4) is 0 Å². The highest BCUT2D eigenvalue weighted by molar-refractivity contribution is 5.75. The van der Waals surface area contributed by atoms with E-state index in [1.54, 1.807) is 4.68 Å². The molecule has 5 nitrogen and oxygen atoms in total. The highest BCUT2D eigenvalue weighted by Crippen LogP contribution is 2.18. The molecule has 5 heteroatoms. The van der Waals surface area contributed by atoms with Crippen LogP contribution in [-0.4, -0.2) is 26.0 Å². The normalized spacial score (nSPS) is 12.8. The summed E-state index contributed by atoms with van der Waals surface area (Å²) >= 11 is 0. The number of nitrogens with two attached hydrogens (primary N) is 1. The van der Waals surface area contributed by atoms with Gasteiger partial charge in [0.05, 0.1) is 5.52 Å². The molecule has 0 aliphatic heterocycles. The minimum absolute atomic E-state index is 0.134. The molecule has 3 aromatic rings. The standard InChI is InChI=1S/C15H17N5/c1-10-7-12(8-11(2)16)9-17-15(10)20-14-6-4-3-5-13(14)18-19-20/h3-7,9,11H,8,16H2,1-2H3. The fourth-order valence-electron chi connectivity index (χ4n) is 2.36. The largest absolute Gasteiger partial charge is 0.328 e. The molecule has 0 spiro atoms. The quantitative estimate of drug-likeness (QED) is 0.788. The molecular weight excluding hydrogens is 250 g/mol. The summed E-state index contributed by atoms with van der Waals surface area (Å²) < 4.78 is 1.78. The second kappa shape index (κ2) is 5.02. The van der Waals surface area contributed by atoms with Crippen molar-refractivity contribution in [3.8, 4) is 5.82 Å². The molecule has 3 rings (SSSR count). The number of aryl methyl sites for hydroxylation is 1. The molecular formula is C15H17N5. The Balaban J connectivity index is 2.06. The van der Waals surface area contributed by atoms with Gasteiger partial charge < -0.3 is 5.73 Å². The van der Waals surface area contributed by atoms with Gasteiger partial charge in [0, 0.05) is 12.2 Å². The smallest absolute Gasteiger partial charge is 0.158 e. The van der Waals surface area contributed by atoms with Gasteiger partial charge in [0.25, 0.3) is 0 Å². The monoisotopic (exact) mass is 267 g/mol. The van der Waals surface area contributed by atoms with Gasteiger partial charge in [-0.25, -0.2) is 4.98 Å². The van der Waals surface area contributed by atoms with Crippen molar-refractivity contribution < 1.29 is 0 Å². The molecule has 1 unspecified atom stereocenters. The highest BCUT2D eigenvalue weighted by atomic mass is 15.4. The van der Waals surface area contributed by atoms with Crippen molar-refractivity contribution in [1.29, 1.82) is 0 Å². The van der Waals surface area contributed by atoms with E-state index in [0.29, 0.717) is 0 Å². The Kier molecular flexibility index (Phi) is 3.20. The lowest BCUT2D eigenvalue weighted by Crippen LogP contribution is -2.18. The first-order valence-corrected chi connectivity index (χ1v) is 6.67. The molecule has 0 bridgehead atoms. The van der Waals surface area contributed by atoms with Gasteiger partial charge in [-0.1, -0.05) is 23.4 Å². The number of hydrogen-bond acceptors (Lipinski definition) is 4. The molecule has 0 saturated carbocycles. The van der Waals surface area contributed by atoms with E-state index >= 15 is 0 Å². The van der Waals surface area contributed by atoms with E-state index in [9.17, 15) is 0 Å². The number of nitrogens with zero attached hydrogens (tertiary/aromatic N) is 4. The Morgan fingerprint density at radius 1 is 1.30 bits per heavy atom. The molecule has 102 valence electrons. The van der Waals surface area contributed by atoms with Gasteiger partial charge in [0.2, 0.25) is 0 Å². The average Bonchev–Trinajstić information content (AvgIpc) is 2.82. The predicted molar refractivity (Wildman–Crippen MR) is 78.8 cm³/mol. The van der Waals surface area contributed by atoms with Crippen molar-refractivity contribution in [2.75, 3.05) is 0 Å². The highest BCUT2D eigenvalue weighted by Gasteiger charge is 2.10. The molecule has 1 aromatic carbocycles. The lowest BCUT2D eigenvalue weighted by atomic mass is 10.1. The Bertz CT molecular complexity index is 745. The SMILES string of the molecule is Cc1cc(CC(C)N)cnc1-n1nnc2ccccc21. The summed E-state index contributed by atoms with van der Waals surface area (Å²) in [5.74, 6) is 0.812. The maximum Gasteiger partial charge on any atom is 0.158 e. The van der Waals surface area contributed by atoms with Crippen LogP contribution in [0.4, 0.5) is 0 Å². The number of hydrogen-bond donors (Lipinski definition) is 1. The summed E-state index contributed by atoms with van der Waals surface area (Å²) in [4.78, 5) is 4.53. The third-order valence-electron chi connectivity index (χ3n) is 3.22. The van der Waals surface area contributed by atoms with Crippen LogP contribution < -0.4 is 5.73 Å². The fraction of sp³-hybridized carbons (Fsp3) is 0.267. The maximum atomic E-state index is 5.83. The van der Waals surface area contributed by atoms with Crippen LogP contribution in [0.25, 0.3) is 16.9 Å². The van der Waals surface area contributed by atoms with E-state index in [2.05, 4.69) is 21.4 Å². The van der Waals surface area contributed by atoms with Crippen LogP contribution in [0.2, 0.25) is 0 Å². The van der Waals surface area contributed by atoms with Crippen LogP contribution in [0.1, 0.15) is 18.1 Å². The van der Waals surface area contributed by atoms with E-state index in [4.69, 9.17) is 5.73 Å². The lowest BCUT2D eigenvalue weighted by molar-refractivity contribution is 0.731. The van der Waals surface area contributed by atoms with E-state index in [1.807, 2.05) is 44.3 Å². The predicted octanol–water partition coefficient (Wildman–Crippen LogP) is 2.01.